The predicted molar refractivity (Wildman–Crippen MR) is 122 cm³/mol. The lowest BCUT2D eigenvalue weighted by Gasteiger charge is -2.58. The molecule has 3 N–H and O–H groups in total. The number of aliphatic hydroxyl groups excluding tert-OH is 2. The van der Waals surface area contributed by atoms with Crippen molar-refractivity contribution in [2.75, 3.05) is 6.61 Å². The third-order valence-corrected chi connectivity index (χ3v) is 8.78. The van der Waals surface area contributed by atoms with Crippen LogP contribution in [-0.4, -0.2) is 44.8 Å². The summed E-state index contributed by atoms with van der Waals surface area (Å²) >= 11 is 1.65. The van der Waals surface area contributed by atoms with E-state index in [4.69, 9.17) is 4.98 Å². The zero-order chi connectivity index (χ0) is 22.4. The molecular formula is C24H33N3O3S. The van der Waals surface area contributed by atoms with E-state index in [0.29, 0.717) is 12.8 Å². The van der Waals surface area contributed by atoms with Crippen LogP contribution in [0.3, 0.4) is 0 Å². The van der Waals surface area contributed by atoms with Crippen LogP contribution in [0.4, 0.5) is 0 Å². The number of hydrogen-bond donors (Lipinski definition) is 3. The minimum absolute atomic E-state index is 0.0283. The van der Waals surface area contributed by atoms with Gasteiger partial charge in [0.25, 0.3) is 0 Å². The summed E-state index contributed by atoms with van der Waals surface area (Å²) in [7, 11) is 0. The van der Waals surface area contributed by atoms with E-state index in [1.165, 1.54) is 0 Å². The minimum atomic E-state index is -0.601. The van der Waals surface area contributed by atoms with Gasteiger partial charge in [-0.15, -0.1) is 11.3 Å². The third kappa shape index (κ3) is 3.81. The SMILES string of the molecule is CC(C)NC(=O)CC1c2nc(-c3cccnc3)sc2CC2C(C)(CO)C(O)CCC12C. The van der Waals surface area contributed by atoms with E-state index in [-0.39, 0.29) is 35.8 Å². The highest BCUT2D eigenvalue weighted by Crippen LogP contribution is 2.62. The molecule has 7 heteroatoms. The Morgan fingerprint density at radius 2 is 2.16 bits per heavy atom. The van der Waals surface area contributed by atoms with Gasteiger partial charge >= 0.3 is 0 Å². The van der Waals surface area contributed by atoms with Gasteiger partial charge in [-0.25, -0.2) is 4.98 Å². The molecule has 0 saturated heterocycles. The molecule has 0 aliphatic heterocycles. The maximum Gasteiger partial charge on any atom is 0.220 e. The van der Waals surface area contributed by atoms with Crippen molar-refractivity contribution in [3.05, 3.63) is 35.1 Å². The lowest BCUT2D eigenvalue weighted by atomic mass is 9.47. The third-order valence-electron chi connectivity index (χ3n) is 7.64. The quantitative estimate of drug-likeness (QED) is 0.657. The van der Waals surface area contributed by atoms with Gasteiger partial charge < -0.3 is 15.5 Å². The number of rotatable bonds is 5. The number of aromatic nitrogens is 2. The second kappa shape index (κ2) is 8.26. The van der Waals surface area contributed by atoms with Crippen LogP contribution in [0.5, 0.6) is 0 Å². The first-order valence-electron chi connectivity index (χ1n) is 11.2. The molecule has 2 heterocycles. The average molecular weight is 444 g/mol. The van der Waals surface area contributed by atoms with Crippen LogP contribution in [0, 0.1) is 16.7 Å². The van der Waals surface area contributed by atoms with Gasteiger partial charge in [-0.05, 0) is 56.6 Å². The fourth-order valence-corrected chi connectivity index (χ4v) is 6.98. The summed E-state index contributed by atoms with van der Waals surface area (Å²) in [6, 6.07) is 3.99. The van der Waals surface area contributed by atoms with E-state index in [9.17, 15) is 15.0 Å². The van der Waals surface area contributed by atoms with Gasteiger partial charge in [0, 0.05) is 46.6 Å². The Bertz CT molecular complexity index is 947. The number of carbonyl (C=O) groups is 1. The molecule has 2 aliphatic carbocycles. The molecule has 1 fully saturated rings. The van der Waals surface area contributed by atoms with E-state index < -0.39 is 11.5 Å². The Kier molecular flexibility index (Phi) is 5.96. The van der Waals surface area contributed by atoms with Gasteiger partial charge in [0.05, 0.1) is 18.4 Å². The highest BCUT2D eigenvalue weighted by atomic mass is 32.1. The normalized spacial score (nSPS) is 32.4. The summed E-state index contributed by atoms with van der Waals surface area (Å²) in [5.74, 6) is 0.0425. The van der Waals surface area contributed by atoms with Gasteiger partial charge in [0.15, 0.2) is 0 Å². The van der Waals surface area contributed by atoms with Crippen molar-refractivity contribution < 1.29 is 15.0 Å². The molecule has 1 amide bonds. The van der Waals surface area contributed by atoms with Crippen molar-refractivity contribution in [2.24, 2.45) is 16.7 Å². The second-order valence-corrected chi connectivity index (χ2v) is 11.1. The summed E-state index contributed by atoms with van der Waals surface area (Å²) in [4.78, 5) is 23.3. The molecule has 2 aromatic rings. The Hall–Kier alpha value is -1.83. The lowest BCUT2D eigenvalue weighted by Crippen LogP contribution is -2.57. The summed E-state index contributed by atoms with van der Waals surface area (Å²) in [6.07, 6.45) is 5.59. The summed E-state index contributed by atoms with van der Waals surface area (Å²) in [5.41, 5.74) is 1.16. The summed E-state index contributed by atoms with van der Waals surface area (Å²) < 4.78 is 0. The number of fused-ring (bicyclic) bond motifs is 2. The molecule has 0 bridgehead atoms. The maximum atomic E-state index is 12.9. The minimum Gasteiger partial charge on any atom is -0.396 e. The van der Waals surface area contributed by atoms with E-state index >= 15 is 0 Å². The summed E-state index contributed by atoms with van der Waals surface area (Å²) in [5, 5.41) is 25.1. The van der Waals surface area contributed by atoms with Crippen molar-refractivity contribution in [2.45, 2.75) is 71.4 Å². The van der Waals surface area contributed by atoms with Crippen molar-refractivity contribution in [3.63, 3.8) is 0 Å². The highest BCUT2D eigenvalue weighted by molar-refractivity contribution is 7.15. The predicted octanol–water partition coefficient (Wildman–Crippen LogP) is 3.54. The summed E-state index contributed by atoms with van der Waals surface area (Å²) in [6.45, 7) is 8.11. The zero-order valence-electron chi connectivity index (χ0n) is 18.8. The molecule has 6 nitrogen and oxygen atoms in total. The van der Waals surface area contributed by atoms with Crippen molar-refractivity contribution in [1.29, 1.82) is 0 Å². The number of carbonyl (C=O) groups excluding carboxylic acids is 1. The van der Waals surface area contributed by atoms with Gasteiger partial charge in [0.1, 0.15) is 5.01 Å². The number of hydrogen-bond acceptors (Lipinski definition) is 6. The Balaban J connectivity index is 1.80. The Labute approximate surface area is 188 Å². The van der Waals surface area contributed by atoms with Crippen molar-refractivity contribution >= 4 is 17.2 Å². The van der Waals surface area contributed by atoms with Gasteiger partial charge in [-0.3, -0.25) is 9.78 Å². The van der Waals surface area contributed by atoms with Crippen LogP contribution in [-0.2, 0) is 11.2 Å². The van der Waals surface area contributed by atoms with Crippen LogP contribution < -0.4 is 5.32 Å². The molecule has 31 heavy (non-hydrogen) atoms. The number of pyridine rings is 1. The van der Waals surface area contributed by atoms with Gasteiger partial charge in [-0.1, -0.05) is 13.8 Å². The number of nitrogens with zero attached hydrogens (tertiary/aromatic N) is 2. The van der Waals surface area contributed by atoms with E-state index in [1.807, 2.05) is 39.1 Å². The maximum absolute atomic E-state index is 12.9. The van der Waals surface area contributed by atoms with Gasteiger partial charge in [0.2, 0.25) is 5.91 Å². The zero-order valence-corrected chi connectivity index (χ0v) is 19.6. The van der Waals surface area contributed by atoms with Gasteiger partial charge in [-0.2, -0.15) is 0 Å². The smallest absolute Gasteiger partial charge is 0.220 e. The largest absolute Gasteiger partial charge is 0.396 e. The van der Waals surface area contributed by atoms with Crippen molar-refractivity contribution in [1.82, 2.24) is 15.3 Å². The standard InChI is InChI=1S/C24H33N3O3S/c1-14(2)26-20(30)10-16-21-17(31-22(27-21)15-6-5-9-25-12-15)11-18-23(16,3)8-7-19(29)24(18,4)13-28/h5-6,9,12,14,16,18-19,28-29H,7-8,10-11,13H2,1-4H3,(H,26,30). The molecule has 2 aliphatic rings. The van der Waals surface area contributed by atoms with Crippen LogP contribution in [0.1, 0.15) is 63.4 Å². The fourth-order valence-electron chi connectivity index (χ4n) is 5.82. The number of thiazole rings is 1. The molecule has 5 unspecified atom stereocenters. The molecule has 0 spiro atoms. The van der Waals surface area contributed by atoms with E-state index in [0.717, 1.165) is 34.0 Å². The molecule has 0 aromatic carbocycles. The van der Waals surface area contributed by atoms with Crippen LogP contribution >= 0.6 is 11.3 Å². The first-order valence-corrected chi connectivity index (χ1v) is 12.0. The van der Waals surface area contributed by atoms with Crippen molar-refractivity contribution in [3.8, 4) is 10.6 Å². The lowest BCUT2D eigenvalue weighted by molar-refractivity contribution is -0.144. The fraction of sp³-hybridized carbons (Fsp3) is 0.625. The van der Waals surface area contributed by atoms with Crippen LogP contribution in [0.25, 0.3) is 10.6 Å². The van der Waals surface area contributed by atoms with E-state index in [1.54, 1.807) is 17.5 Å². The molecule has 5 atom stereocenters. The number of amides is 1. The molecular weight excluding hydrogens is 410 g/mol. The molecule has 2 aromatic heterocycles. The monoisotopic (exact) mass is 443 g/mol. The Morgan fingerprint density at radius 1 is 1.39 bits per heavy atom. The van der Waals surface area contributed by atoms with Crippen LogP contribution in [0.15, 0.2) is 24.5 Å². The molecule has 0 radical (unpaired) electrons. The number of nitrogens with one attached hydrogen (secondary N) is 1. The highest BCUT2D eigenvalue weighted by Gasteiger charge is 2.59. The number of aliphatic hydroxyl groups is 2. The first-order chi connectivity index (χ1) is 14.7. The molecule has 1 saturated carbocycles. The first kappa shape index (κ1) is 22.4. The average Bonchev–Trinajstić information content (AvgIpc) is 3.16. The van der Waals surface area contributed by atoms with Crippen LogP contribution in [0.2, 0.25) is 0 Å². The van der Waals surface area contributed by atoms with E-state index in [2.05, 4.69) is 17.2 Å². The topological polar surface area (TPSA) is 95.3 Å². The Morgan fingerprint density at radius 3 is 2.81 bits per heavy atom. The second-order valence-electron chi connectivity index (χ2n) is 10.0. The molecule has 168 valence electrons. The molecule has 4 rings (SSSR count).